The van der Waals surface area contributed by atoms with Gasteiger partial charge in [0.2, 0.25) is 5.91 Å². The molecule has 1 aromatic rings. The Bertz CT molecular complexity index is 476. The first kappa shape index (κ1) is 16.2. The van der Waals surface area contributed by atoms with Gasteiger partial charge in [-0.05, 0) is 13.8 Å². The summed E-state index contributed by atoms with van der Waals surface area (Å²) in [7, 11) is 0. The summed E-state index contributed by atoms with van der Waals surface area (Å²) in [5.74, 6) is 1.46. The van der Waals surface area contributed by atoms with Crippen LogP contribution in [0.5, 0.6) is 0 Å². The highest BCUT2D eigenvalue weighted by atomic mass is 16.3. The highest BCUT2D eigenvalue weighted by molar-refractivity contribution is 5.79. The van der Waals surface area contributed by atoms with Gasteiger partial charge in [-0.25, -0.2) is 9.97 Å². The van der Waals surface area contributed by atoms with E-state index in [4.69, 9.17) is 5.73 Å². The number of anilines is 2. The average Bonchev–Trinajstić information content (AvgIpc) is 2.39. The number of aliphatic hydroxyl groups excluding tert-OH is 1. The highest BCUT2D eigenvalue weighted by Gasteiger charge is 2.15. The SMILES string of the molecule is CCNc1nc(C(C)C)nc(NCC(O)C(N)=O)c1C. The number of carbonyl (C=O) groups is 1. The Hall–Kier alpha value is -1.89. The molecule has 0 aliphatic heterocycles. The minimum absolute atomic E-state index is 0.0241. The number of hydrogen-bond donors (Lipinski definition) is 4. The fraction of sp³-hybridized carbons (Fsp3) is 0.615. The van der Waals surface area contributed by atoms with Crippen molar-refractivity contribution in [1.82, 2.24) is 9.97 Å². The monoisotopic (exact) mass is 281 g/mol. The minimum Gasteiger partial charge on any atom is -0.381 e. The smallest absolute Gasteiger partial charge is 0.248 e. The second kappa shape index (κ2) is 7.04. The molecule has 1 unspecified atom stereocenters. The van der Waals surface area contributed by atoms with Crippen LogP contribution in [-0.2, 0) is 4.79 Å². The summed E-state index contributed by atoms with van der Waals surface area (Å²) in [4.78, 5) is 19.7. The molecule has 7 nitrogen and oxygen atoms in total. The molecule has 1 amide bonds. The van der Waals surface area contributed by atoms with Crippen LogP contribution in [0.25, 0.3) is 0 Å². The van der Waals surface area contributed by atoms with Crippen molar-refractivity contribution in [3.8, 4) is 0 Å². The van der Waals surface area contributed by atoms with E-state index in [-0.39, 0.29) is 12.5 Å². The van der Waals surface area contributed by atoms with Crippen molar-refractivity contribution >= 4 is 17.5 Å². The molecule has 20 heavy (non-hydrogen) atoms. The molecule has 1 rings (SSSR count). The van der Waals surface area contributed by atoms with E-state index in [9.17, 15) is 9.90 Å². The van der Waals surface area contributed by atoms with Crippen molar-refractivity contribution in [2.24, 2.45) is 5.73 Å². The molecule has 0 aliphatic rings. The van der Waals surface area contributed by atoms with Gasteiger partial charge in [-0.15, -0.1) is 0 Å². The summed E-state index contributed by atoms with van der Waals surface area (Å²) >= 11 is 0. The van der Waals surface area contributed by atoms with E-state index in [1.165, 1.54) is 0 Å². The molecule has 0 bridgehead atoms. The number of rotatable bonds is 7. The third kappa shape index (κ3) is 4.06. The van der Waals surface area contributed by atoms with Crippen LogP contribution in [0.2, 0.25) is 0 Å². The number of nitrogens with two attached hydrogens (primary N) is 1. The topological polar surface area (TPSA) is 113 Å². The first-order valence-corrected chi connectivity index (χ1v) is 6.70. The van der Waals surface area contributed by atoms with Crippen LogP contribution >= 0.6 is 0 Å². The standard InChI is InChI=1S/C13H23N5O2/c1-5-15-12-8(4)13(16-6-9(19)10(14)20)18-11(17-12)7(2)3/h7,9,19H,5-6H2,1-4H3,(H2,14,20)(H2,15,16,17,18). The van der Waals surface area contributed by atoms with E-state index >= 15 is 0 Å². The second-order valence-electron chi connectivity index (χ2n) is 4.89. The summed E-state index contributed by atoms with van der Waals surface area (Å²) in [5, 5.41) is 15.6. The molecule has 0 saturated heterocycles. The highest BCUT2D eigenvalue weighted by Crippen LogP contribution is 2.22. The van der Waals surface area contributed by atoms with Crippen molar-refractivity contribution in [3.63, 3.8) is 0 Å². The maximum atomic E-state index is 10.8. The van der Waals surface area contributed by atoms with Crippen LogP contribution in [0.3, 0.4) is 0 Å². The van der Waals surface area contributed by atoms with Gasteiger partial charge in [0, 0.05) is 18.0 Å². The number of hydrogen-bond acceptors (Lipinski definition) is 6. The Morgan fingerprint density at radius 1 is 1.30 bits per heavy atom. The number of carbonyl (C=O) groups excluding carboxylic acids is 1. The third-order valence-corrected chi connectivity index (χ3v) is 2.82. The quantitative estimate of drug-likeness (QED) is 0.582. The lowest BCUT2D eigenvalue weighted by Crippen LogP contribution is -2.34. The Morgan fingerprint density at radius 3 is 2.30 bits per heavy atom. The molecule has 112 valence electrons. The lowest BCUT2D eigenvalue weighted by molar-refractivity contribution is -0.125. The maximum Gasteiger partial charge on any atom is 0.248 e. The molecular formula is C13H23N5O2. The summed E-state index contributed by atoms with van der Waals surface area (Å²) in [5.41, 5.74) is 5.86. The van der Waals surface area contributed by atoms with Crippen molar-refractivity contribution in [2.75, 3.05) is 23.7 Å². The molecule has 0 fully saturated rings. The van der Waals surface area contributed by atoms with E-state index in [1.807, 2.05) is 27.7 Å². The predicted octanol–water partition coefficient (Wildman–Crippen LogP) is 0.598. The van der Waals surface area contributed by atoms with Crippen LogP contribution in [0, 0.1) is 6.92 Å². The van der Waals surface area contributed by atoms with Crippen LogP contribution in [0.1, 0.15) is 38.1 Å². The van der Waals surface area contributed by atoms with Crippen molar-refractivity contribution in [1.29, 1.82) is 0 Å². The van der Waals surface area contributed by atoms with Crippen LogP contribution in [-0.4, -0.2) is 40.2 Å². The van der Waals surface area contributed by atoms with Gasteiger partial charge in [-0.1, -0.05) is 13.8 Å². The molecule has 1 aromatic heterocycles. The molecule has 5 N–H and O–H groups in total. The number of nitrogens with zero attached hydrogens (tertiary/aromatic N) is 2. The Kier molecular flexibility index (Phi) is 5.69. The fourth-order valence-electron chi connectivity index (χ4n) is 1.60. The van der Waals surface area contributed by atoms with E-state index in [1.54, 1.807) is 0 Å². The van der Waals surface area contributed by atoms with Gasteiger partial charge >= 0.3 is 0 Å². The van der Waals surface area contributed by atoms with E-state index in [0.29, 0.717) is 11.6 Å². The van der Waals surface area contributed by atoms with Crippen molar-refractivity contribution in [2.45, 2.75) is 39.7 Å². The van der Waals surface area contributed by atoms with Gasteiger partial charge in [-0.2, -0.15) is 0 Å². The lowest BCUT2D eigenvalue weighted by atomic mass is 10.2. The summed E-state index contributed by atoms with van der Waals surface area (Å²) in [6.45, 7) is 8.64. The molecule has 0 radical (unpaired) electrons. The molecule has 0 spiro atoms. The van der Waals surface area contributed by atoms with Gasteiger partial charge in [-0.3, -0.25) is 4.79 Å². The van der Waals surface area contributed by atoms with Crippen molar-refractivity contribution < 1.29 is 9.90 Å². The predicted molar refractivity (Wildman–Crippen MR) is 78.7 cm³/mol. The average molecular weight is 281 g/mol. The van der Waals surface area contributed by atoms with Gasteiger partial charge < -0.3 is 21.5 Å². The first-order chi connectivity index (χ1) is 9.36. The largest absolute Gasteiger partial charge is 0.381 e. The maximum absolute atomic E-state index is 10.8. The number of aromatic nitrogens is 2. The number of amides is 1. The zero-order valence-corrected chi connectivity index (χ0v) is 12.4. The first-order valence-electron chi connectivity index (χ1n) is 6.70. The van der Waals surface area contributed by atoms with Crippen molar-refractivity contribution in [3.05, 3.63) is 11.4 Å². The molecule has 1 heterocycles. The Balaban J connectivity index is 3.01. The molecule has 0 saturated carbocycles. The number of nitrogens with one attached hydrogen (secondary N) is 2. The van der Waals surface area contributed by atoms with Gasteiger partial charge in [0.05, 0.1) is 6.54 Å². The van der Waals surface area contributed by atoms with Crippen LogP contribution < -0.4 is 16.4 Å². The molecule has 7 heteroatoms. The Labute approximate surface area is 119 Å². The second-order valence-corrected chi connectivity index (χ2v) is 4.89. The number of primary amides is 1. The zero-order valence-electron chi connectivity index (χ0n) is 12.4. The van der Waals surface area contributed by atoms with E-state index in [0.717, 1.165) is 17.9 Å². The van der Waals surface area contributed by atoms with Crippen LogP contribution in [0.4, 0.5) is 11.6 Å². The summed E-state index contributed by atoms with van der Waals surface area (Å²) in [6, 6.07) is 0. The Morgan fingerprint density at radius 2 is 1.85 bits per heavy atom. The third-order valence-electron chi connectivity index (χ3n) is 2.82. The minimum atomic E-state index is -1.24. The van der Waals surface area contributed by atoms with Gasteiger partial charge in [0.15, 0.2) is 0 Å². The van der Waals surface area contributed by atoms with Crippen LogP contribution in [0.15, 0.2) is 0 Å². The lowest BCUT2D eigenvalue weighted by Gasteiger charge is -2.16. The number of aliphatic hydroxyl groups is 1. The molecule has 0 aliphatic carbocycles. The molecule has 1 atom stereocenters. The van der Waals surface area contributed by atoms with Gasteiger partial charge in [0.25, 0.3) is 0 Å². The summed E-state index contributed by atoms with van der Waals surface area (Å²) < 4.78 is 0. The summed E-state index contributed by atoms with van der Waals surface area (Å²) in [6.07, 6.45) is -1.24. The van der Waals surface area contributed by atoms with E-state index in [2.05, 4.69) is 20.6 Å². The van der Waals surface area contributed by atoms with Gasteiger partial charge in [0.1, 0.15) is 23.6 Å². The fourth-order valence-corrected chi connectivity index (χ4v) is 1.60. The normalized spacial score (nSPS) is 12.3. The van der Waals surface area contributed by atoms with E-state index < -0.39 is 12.0 Å². The zero-order chi connectivity index (χ0) is 15.3. The molecular weight excluding hydrogens is 258 g/mol. The molecule has 0 aromatic carbocycles.